The minimum absolute atomic E-state index is 0.0686. The van der Waals surface area contributed by atoms with Crippen molar-refractivity contribution in [3.63, 3.8) is 0 Å². The third-order valence-electron chi connectivity index (χ3n) is 4.07. The number of carbonyl (C=O) groups excluding carboxylic acids is 1. The van der Waals surface area contributed by atoms with E-state index in [0.717, 1.165) is 19.8 Å². The molecule has 1 aromatic carbocycles. The number of ether oxygens (including phenoxy) is 3. The van der Waals surface area contributed by atoms with Crippen LogP contribution in [0.5, 0.6) is 11.5 Å². The molecule has 3 rings (SSSR count). The van der Waals surface area contributed by atoms with Gasteiger partial charge in [-0.2, -0.15) is 0 Å². The molecule has 0 aliphatic carbocycles. The molecule has 0 aromatic heterocycles. The van der Waals surface area contributed by atoms with Gasteiger partial charge in [-0.1, -0.05) is 0 Å². The Bertz CT molecular complexity index is 575. The molecule has 0 atom stereocenters. The standard InChI is InChI=1S/C16H23N3O4/c1-2-19(6-5-18-11-9-21-10-11)16(20)12-3-4-13(17)15-14(12)22-7-8-23-15/h3-4,11,18H,2,5-10,17H2,1H3. The number of amides is 1. The number of fused-ring (bicyclic) bond motifs is 1. The van der Waals surface area contributed by atoms with Gasteiger partial charge in [0, 0.05) is 19.6 Å². The van der Waals surface area contributed by atoms with Gasteiger partial charge >= 0.3 is 0 Å². The van der Waals surface area contributed by atoms with E-state index in [4.69, 9.17) is 19.9 Å². The number of nitrogens with one attached hydrogen (secondary N) is 1. The molecule has 7 nitrogen and oxygen atoms in total. The second kappa shape index (κ2) is 7.06. The molecule has 0 bridgehead atoms. The number of hydrogen-bond donors (Lipinski definition) is 2. The molecular weight excluding hydrogens is 298 g/mol. The summed E-state index contributed by atoms with van der Waals surface area (Å²) in [5.41, 5.74) is 6.90. The van der Waals surface area contributed by atoms with Crippen LogP contribution in [0.25, 0.3) is 0 Å². The van der Waals surface area contributed by atoms with E-state index in [2.05, 4.69) is 5.32 Å². The van der Waals surface area contributed by atoms with Crippen LogP contribution >= 0.6 is 0 Å². The quantitative estimate of drug-likeness (QED) is 0.742. The van der Waals surface area contributed by atoms with Crippen LogP contribution in [-0.4, -0.2) is 62.9 Å². The van der Waals surface area contributed by atoms with Crippen molar-refractivity contribution in [2.45, 2.75) is 13.0 Å². The highest BCUT2D eigenvalue weighted by Gasteiger charge is 2.26. The Kier molecular flexibility index (Phi) is 4.88. The van der Waals surface area contributed by atoms with Gasteiger partial charge in [0.05, 0.1) is 30.5 Å². The molecule has 126 valence electrons. The van der Waals surface area contributed by atoms with E-state index < -0.39 is 0 Å². The molecule has 0 radical (unpaired) electrons. The molecule has 0 spiro atoms. The molecule has 23 heavy (non-hydrogen) atoms. The number of nitrogens with two attached hydrogens (primary N) is 1. The fraction of sp³-hybridized carbons (Fsp3) is 0.562. The number of nitrogen functional groups attached to an aromatic ring is 1. The van der Waals surface area contributed by atoms with E-state index in [-0.39, 0.29) is 5.91 Å². The maximum absolute atomic E-state index is 12.8. The Morgan fingerprint density at radius 1 is 1.30 bits per heavy atom. The first kappa shape index (κ1) is 15.9. The Hall–Kier alpha value is -1.99. The first-order valence-corrected chi connectivity index (χ1v) is 7.99. The Labute approximate surface area is 135 Å². The highest BCUT2D eigenvalue weighted by Crippen LogP contribution is 2.39. The van der Waals surface area contributed by atoms with Crippen LogP contribution in [0.1, 0.15) is 17.3 Å². The van der Waals surface area contributed by atoms with Crippen molar-refractivity contribution < 1.29 is 19.0 Å². The third-order valence-corrected chi connectivity index (χ3v) is 4.07. The fourth-order valence-corrected chi connectivity index (χ4v) is 2.66. The molecule has 1 aromatic rings. The topological polar surface area (TPSA) is 86.1 Å². The number of anilines is 1. The average molecular weight is 321 g/mol. The summed E-state index contributed by atoms with van der Waals surface area (Å²) in [6.45, 7) is 6.32. The summed E-state index contributed by atoms with van der Waals surface area (Å²) in [5.74, 6) is 0.865. The van der Waals surface area contributed by atoms with E-state index in [1.807, 2.05) is 6.92 Å². The predicted octanol–water partition coefficient (Wildman–Crippen LogP) is 0.491. The lowest BCUT2D eigenvalue weighted by Crippen LogP contribution is -2.48. The normalized spacial score (nSPS) is 16.7. The second-order valence-electron chi connectivity index (χ2n) is 5.63. The minimum Gasteiger partial charge on any atom is -0.485 e. The van der Waals surface area contributed by atoms with Gasteiger partial charge in [0.25, 0.3) is 5.91 Å². The summed E-state index contributed by atoms with van der Waals surface area (Å²) >= 11 is 0. The van der Waals surface area contributed by atoms with E-state index in [9.17, 15) is 4.79 Å². The van der Waals surface area contributed by atoms with Crippen LogP contribution in [0.2, 0.25) is 0 Å². The van der Waals surface area contributed by atoms with E-state index in [0.29, 0.717) is 55.1 Å². The highest BCUT2D eigenvalue weighted by atomic mass is 16.6. The molecule has 1 saturated heterocycles. The highest BCUT2D eigenvalue weighted by molar-refractivity contribution is 5.98. The number of nitrogens with zero attached hydrogens (tertiary/aromatic N) is 1. The summed E-state index contributed by atoms with van der Waals surface area (Å²) in [6.07, 6.45) is 0. The molecule has 0 unspecified atom stereocenters. The van der Waals surface area contributed by atoms with Crippen molar-refractivity contribution in [3.05, 3.63) is 17.7 Å². The zero-order chi connectivity index (χ0) is 16.2. The van der Waals surface area contributed by atoms with E-state index in [1.165, 1.54) is 0 Å². The number of likely N-dealkylation sites (N-methyl/N-ethyl adjacent to an activating group) is 1. The maximum atomic E-state index is 12.8. The van der Waals surface area contributed by atoms with Crippen LogP contribution in [0, 0.1) is 0 Å². The third kappa shape index (κ3) is 3.35. The van der Waals surface area contributed by atoms with Crippen molar-refractivity contribution in [2.24, 2.45) is 0 Å². The number of benzene rings is 1. The fourth-order valence-electron chi connectivity index (χ4n) is 2.66. The second-order valence-corrected chi connectivity index (χ2v) is 5.63. The molecule has 1 amide bonds. The summed E-state index contributed by atoms with van der Waals surface area (Å²) in [6, 6.07) is 3.81. The van der Waals surface area contributed by atoms with Gasteiger partial charge in [-0.25, -0.2) is 0 Å². The lowest BCUT2D eigenvalue weighted by atomic mass is 10.1. The van der Waals surface area contributed by atoms with E-state index >= 15 is 0 Å². The van der Waals surface area contributed by atoms with Crippen LogP contribution in [0.3, 0.4) is 0 Å². The monoisotopic (exact) mass is 321 g/mol. The summed E-state index contributed by atoms with van der Waals surface area (Å²) in [7, 11) is 0. The number of rotatable bonds is 6. The summed E-state index contributed by atoms with van der Waals surface area (Å²) in [4.78, 5) is 14.6. The van der Waals surface area contributed by atoms with Crippen LogP contribution in [0.4, 0.5) is 5.69 Å². The van der Waals surface area contributed by atoms with Crippen molar-refractivity contribution >= 4 is 11.6 Å². The SMILES string of the molecule is CCN(CCNC1COC1)C(=O)c1ccc(N)c2c1OCCO2. The van der Waals surface area contributed by atoms with Crippen LogP contribution in [0.15, 0.2) is 12.1 Å². The Morgan fingerprint density at radius 2 is 2.04 bits per heavy atom. The van der Waals surface area contributed by atoms with Crippen molar-refractivity contribution in [3.8, 4) is 11.5 Å². The van der Waals surface area contributed by atoms with Crippen molar-refractivity contribution in [2.75, 3.05) is 51.8 Å². The van der Waals surface area contributed by atoms with Gasteiger partial charge in [0.15, 0.2) is 11.5 Å². The molecule has 2 aliphatic heterocycles. The molecule has 2 heterocycles. The minimum atomic E-state index is -0.0686. The lowest BCUT2D eigenvalue weighted by molar-refractivity contribution is -0.00552. The molecule has 7 heteroatoms. The van der Waals surface area contributed by atoms with Gasteiger partial charge in [-0.05, 0) is 19.1 Å². The summed E-state index contributed by atoms with van der Waals surface area (Å²) < 4.78 is 16.3. The average Bonchev–Trinajstić information content (AvgIpc) is 2.53. The van der Waals surface area contributed by atoms with Gasteiger partial charge in [-0.3, -0.25) is 4.79 Å². The molecule has 1 fully saturated rings. The zero-order valence-electron chi connectivity index (χ0n) is 13.3. The number of carbonyl (C=O) groups is 1. The van der Waals surface area contributed by atoms with Crippen molar-refractivity contribution in [1.82, 2.24) is 10.2 Å². The van der Waals surface area contributed by atoms with Gasteiger partial charge in [0.1, 0.15) is 13.2 Å². The van der Waals surface area contributed by atoms with Crippen LogP contribution in [-0.2, 0) is 4.74 Å². The molecule has 2 aliphatic rings. The Balaban J connectivity index is 1.70. The van der Waals surface area contributed by atoms with Crippen LogP contribution < -0.4 is 20.5 Å². The maximum Gasteiger partial charge on any atom is 0.257 e. The predicted molar refractivity (Wildman–Crippen MR) is 86.0 cm³/mol. The molecular formula is C16H23N3O4. The molecule has 3 N–H and O–H groups in total. The Morgan fingerprint density at radius 3 is 2.70 bits per heavy atom. The zero-order valence-corrected chi connectivity index (χ0v) is 13.3. The first-order chi connectivity index (χ1) is 11.2. The van der Waals surface area contributed by atoms with Gasteiger partial charge in [-0.15, -0.1) is 0 Å². The number of hydrogen-bond acceptors (Lipinski definition) is 6. The van der Waals surface area contributed by atoms with Gasteiger partial charge in [0.2, 0.25) is 0 Å². The van der Waals surface area contributed by atoms with Gasteiger partial charge < -0.3 is 30.2 Å². The van der Waals surface area contributed by atoms with E-state index in [1.54, 1.807) is 17.0 Å². The lowest BCUT2D eigenvalue weighted by Gasteiger charge is -2.29. The molecule has 0 saturated carbocycles. The smallest absolute Gasteiger partial charge is 0.257 e. The largest absolute Gasteiger partial charge is 0.485 e. The van der Waals surface area contributed by atoms with Crippen molar-refractivity contribution in [1.29, 1.82) is 0 Å². The first-order valence-electron chi connectivity index (χ1n) is 7.99. The summed E-state index contributed by atoms with van der Waals surface area (Å²) in [5, 5.41) is 3.37.